The van der Waals surface area contributed by atoms with E-state index in [4.69, 9.17) is 14.2 Å². The zero-order valence-corrected chi connectivity index (χ0v) is 8.43. The van der Waals surface area contributed by atoms with Crippen LogP contribution in [0, 0.1) is 11.8 Å². The number of ether oxygens (including phenoxy) is 3. The van der Waals surface area contributed by atoms with Crippen LogP contribution in [0.2, 0.25) is 0 Å². The molecule has 80 valence electrons. The monoisotopic (exact) mass is 208 g/mol. The molecule has 15 heavy (non-hydrogen) atoms. The first-order chi connectivity index (χ1) is 7.31. The Morgan fingerprint density at radius 2 is 2.47 bits per heavy atom. The molecule has 1 fully saturated rings. The van der Waals surface area contributed by atoms with Gasteiger partial charge in [0, 0.05) is 5.92 Å². The summed E-state index contributed by atoms with van der Waals surface area (Å²) < 4.78 is 15.6. The van der Waals surface area contributed by atoms with Gasteiger partial charge < -0.3 is 14.2 Å². The molecule has 0 spiro atoms. The molecule has 2 aliphatic heterocycles. The number of rotatable bonds is 1. The van der Waals surface area contributed by atoms with E-state index in [1.165, 1.54) is 18.9 Å². The van der Waals surface area contributed by atoms with Crippen LogP contribution in [0.4, 0.5) is 0 Å². The van der Waals surface area contributed by atoms with Crippen LogP contribution in [-0.2, 0) is 19.0 Å². The molecule has 0 aromatic heterocycles. The number of methoxy groups -OCH3 is 1. The van der Waals surface area contributed by atoms with Crippen LogP contribution < -0.4 is 0 Å². The standard InChI is InChI=1S/C11H12O4/c1-13-10(12)8-5-15-11-9-6(4-14-11)2-3-7(8)9/h2,5,7,9,11H,3-4H2,1H3/t7?,9?,11-/m1/s1. The first-order valence-corrected chi connectivity index (χ1v) is 5.05. The molecule has 1 aliphatic carbocycles. The maximum atomic E-state index is 11.5. The van der Waals surface area contributed by atoms with Crippen molar-refractivity contribution in [3.8, 4) is 0 Å². The Hall–Kier alpha value is -1.29. The van der Waals surface area contributed by atoms with Crippen molar-refractivity contribution in [3.05, 3.63) is 23.5 Å². The molecular formula is C11H12O4. The minimum absolute atomic E-state index is 0.189. The van der Waals surface area contributed by atoms with E-state index in [0.29, 0.717) is 12.2 Å². The summed E-state index contributed by atoms with van der Waals surface area (Å²) in [5.41, 5.74) is 1.90. The molecule has 4 heteroatoms. The summed E-state index contributed by atoms with van der Waals surface area (Å²) in [5.74, 6) is 0.123. The van der Waals surface area contributed by atoms with Crippen LogP contribution in [0.3, 0.4) is 0 Å². The van der Waals surface area contributed by atoms with Crippen molar-refractivity contribution in [2.45, 2.75) is 12.7 Å². The maximum Gasteiger partial charge on any atom is 0.337 e. The van der Waals surface area contributed by atoms with Gasteiger partial charge in [-0.1, -0.05) is 6.08 Å². The second-order valence-electron chi connectivity index (χ2n) is 4.03. The van der Waals surface area contributed by atoms with Gasteiger partial charge in [0.05, 0.1) is 31.5 Å². The molecule has 3 atom stereocenters. The van der Waals surface area contributed by atoms with Crippen molar-refractivity contribution in [2.24, 2.45) is 11.8 Å². The van der Waals surface area contributed by atoms with Crippen LogP contribution >= 0.6 is 0 Å². The molecule has 0 saturated carbocycles. The summed E-state index contributed by atoms with van der Waals surface area (Å²) in [5, 5.41) is 0. The smallest absolute Gasteiger partial charge is 0.337 e. The summed E-state index contributed by atoms with van der Waals surface area (Å²) in [6.45, 7) is 0.633. The average molecular weight is 208 g/mol. The van der Waals surface area contributed by atoms with Crippen LogP contribution in [0.25, 0.3) is 0 Å². The predicted octanol–water partition coefficient (Wildman–Crippen LogP) is 0.992. The van der Waals surface area contributed by atoms with Gasteiger partial charge in [0.15, 0.2) is 0 Å². The van der Waals surface area contributed by atoms with Gasteiger partial charge in [-0.2, -0.15) is 0 Å². The first kappa shape index (κ1) is 8.97. The van der Waals surface area contributed by atoms with Crippen molar-refractivity contribution in [3.63, 3.8) is 0 Å². The van der Waals surface area contributed by atoms with E-state index in [9.17, 15) is 4.79 Å². The number of carbonyl (C=O) groups excluding carboxylic acids is 1. The molecule has 3 rings (SSSR count). The van der Waals surface area contributed by atoms with Gasteiger partial charge in [0.25, 0.3) is 0 Å². The van der Waals surface area contributed by atoms with E-state index in [1.54, 1.807) is 0 Å². The molecule has 0 N–H and O–H groups in total. The van der Waals surface area contributed by atoms with E-state index in [2.05, 4.69) is 6.08 Å². The van der Waals surface area contributed by atoms with Gasteiger partial charge in [-0.05, 0) is 12.0 Å². The molecule has 0 amide bonds. The van der Waals surface area contributed by atoms with E-state index in [1.807, 2.05) is 0 Å². The second kappa shape index (κ2) is 3.10. The predicted molar refractivity (Wildman–Crippen MR) is 50.6 cm³/mol. The van der Waals surface area contributed by atoms with Crippen molar-refractivity contribution >= 4 is 5.97 Å². The third-order valence-corrected chi connectivity index (χ3v) is 3.35. The second-order valence-corrected chi connectivity index (χ2v) is 4.03. The number of esters is 1. The summed E-state index contributed by atoms with van der Waals surface area (Å²) in [6, 6.07) is 0. The van der Waals surface area contributed by atoms with Gasteiger partial charge in [-0.25, -0.2) is 4.79 Å². The van der Waals surface area contributed by atoms with Gasteiger partial charge in [-0.15, -0.1) is 0 Å². The molecule has 4 nitrogen and oxygen atoms in total. The lowest BCUT2D eigenvalue weighted by Gasteiger charge is -2.28. The molecule has 1 saturated heterocycles. The fourth-order valence-electron chi connectivity index (χ4n) is 2.61. The first-order valence-electron chi connectivity index (χ1n) is 5.05. The summed E-state index contributed by atoms with van der Waals surface area (Å²) in [6.07, 6.45) is 4.35. The Bertz CT molecular complexity index is 369. The largest absolute Gasteiger partial charge is 0.471 e. The Labute approximate surface area is 87.5 Å². The lowest BCUT2D eigenvalue weighted by molar-refractivity contribution is -0.141. The number of hydrogen-bond acceptors (Lipinski definition) is 4. The normalized spacial score (nSPS) is 36.5. The van der Waals surface area contributed by atoms with Gasteiger partial charge >= 0.3 is 5.97 Å². The maximum absolute atomic E-state index is 11.5. The fourth-order valence-corrected chi connectivity index (χ4v) is 2.61. The molecule has 0 aromatic rings. The third kappa shape index (κ3) is 1.14. The van der Waals surface area contributed by atoms with Crippen LogP contribution in [0.1, 0.15) is 6.42 Å². The van der Waals surface area contributed by atoms with Gasteiger partial charge in [0.2, 0.25) is 6.29 Å². The fraction of sp³-hybridized carbons (Fsp3) is 0.545. The van der Waals surface area contributed by atoms with Crippen molar-refractivity contribution in [2.75, 3.05) is 13.7 Å². The van der Waals surface area contributed by atoms with Gasteiger partial charge in [-0.3, -0.25) is 0 Å². The highest BCUT2D eigenvalue weighted by atomic mass is 16.7. The Balaban J connectivity index is 1.93. The highest BCUT2D eigenvalue weighted by molar-refractivity contribution is 5.89. The van der Waals surface area contributed by atoms with E-state index in [-0.39, 0.29) is 24.1 Å². The highest BCUT2D eigenvalue weighted by Gasteiger charge is 2.48. The minimum atomic E-state index is -0.292. The molecule has 2 heterocycles. The molecule has 2 unspecified atom stereocenters. The summed E-state index contributed by atoms with van der Waals surface area (Å²) in [4.78, 5) is 11.5. The van der Waals surface area contributed by atoms with Crippen molar-refractivity contribution in [1.29, 1.82) is 0 Å². The number of hydrogen-bond donors (Lipinski definition) is 0. The average Bonchev–Trinajstić information content (AvgIpc) is 2.86. The zero-order chi connectivity index (χ0) is 10.4. The number of allylic oxidation sites excluding steroid dienone is 1. The molecule has 0 radical (unpaired) electrons. The summed E-state index contributed by atoms with van der Waals surface area (Å²) >= 11 is 0. The summed E-state index contributed by atoms with van der Waals surface area (Å²) in [7, 11) is 1.39. The van der Waals surface area contributed by atoms with E-state index >= 15 is 0 Å². The minimum Gasteiger partial charge on any atom is -0.471 e. The van der Waals surface area contributed by atoms with Crippen molar-refractivity contribution < 1.29 is 19.0 Å². The van der Waals surface area contributed by atoms with Crippen LogP contribution in [-0.4, -0.2) is 26.0 Å². The van der Waals surface area contributed by atoms with Gasteiger partial charge in [0.1, 0.15) is 0 Å². The SMILES string of the molecule is COC(=O)C1=CO[C@H]2OCC3=CCC1C32. The zero-order valence-electron chi connectivity index (χ0n) is 8.43. The highest BCUT2D eigenvalue weighted by Crippen LogP contribution is 2.47. The van der Waals surface area contributed by atoms with E-state index in [0.717, 1.165) is 6.42 Å². The van der Waals surface area contributed by atoms with E-state index < -0.39 is 0 Å². The Kier molecular flexibility index (Phi) is 1.85. The number of carbonyl (C=O) groups is 1. The molecule has 0 aromatic carbocycles. The quantitative estimate of drug-likeness (QED) is 0.476. The van der Waals surface area contributed by atoms with Crippen molar-refractivity contribution in [1.82, 2.24) is 0 Å². The Morgan fingerprint density at radius 3 is 3.27 bits per heavy atom. The lowest BCUT2D eigenvalue weighted by atomic mass is 9.85. The Morgan fingerprint density at radius 1 is 1.60 bits per heavy atom. The molecular weight excluding hydrogens is 196 g/mol. The molecule has 3 aliphatic rings. The third-order valence-electron chi connectivity index (χ3n) is 3.35. The lowest BCUT2D eigenvalue weighted by Crippen LogP contribution is -2.32. The molecule has 0 bridgehead atoms. The van der Waals surface area contributed by atoms with Crippen LogP contribution in [0.5, 0.6) is 0 Å². The van der Waals surface area contributed by atoms with Crippen LogP contribution in [0.15, 0.2) is 23.5 Å². The topological polar surface area (TPSA) is 44.8 Å².